The van der Waals surface area contributed by atoms with E-state index in [-0.39, 0.29) is 12.2 Å². The van der Waals surface area contributed by atoms with Crippen LogP contribution in [0.5, 0.6) is 11.5 Å². The van der Waals surface area contributed by atoms with Gasteiger partial charge in [-0.15, -0.1) is 0 Å². The van der Waals surface area contributed by atoms with E-state index in [2.05, 4.69) is 15.9 Å². The van der Waals surface area contributed by atoms with Crippen LogP contribution in [-0.4, -0.2) is 30.9 Å². The standard InChI is InChI=1S/C31H27BrN2O5S/c1-4-38-28-22(32)16-19(17-23(28)37-3)18-24-29(35)34-27(21-14-10-7-11-15-21)25(30(36)39-5-2)26(33-31(34)40-24)20-12-8-6-9-13-20/h6-18,27H,4-5H2,1-3H3/b24-18-/t27-/m0/s1. The van der Waals surface area contributed by atoms with E-state index in [0.29, 0.717) is 43.2 Å². The van der Waals surface area contributed by atoms with Crippen LogP contribution in [0.25, 0.3) is 11.8 Å². The number of halogens is 1. The molecule has 40 heavy (non-hydrogen) atoms. The van der Waals surface area contributed by atoms with Crippen molar-refractivity contribution in [3.63, 3.8) is 0 Å². The minimum atomic E-state index is -0.713. The van der Waals surface area contributed by atoms with Gasteiger partial charge in [0.2, 0.25) is 0 Å². The number of hydrogen-bond donors (Lipinski definition) is 0. The smallest absolute Gasteiger partial charge is 0.338 e. The third-order valence-corrected chi connectivity index (χ3v) is 7.90. The van der Waals surface area contributed by atoms with E-state index in [1.54, 1.807) is 24.7 Å². The van der Waals surface area contributed by atoms with Gasteiger partial charge < -0.3 is 14.2 Å². The van der Waals surface area contributed by atoms with Crippen LogP contribution in [0.4, 0.5) is 0 Å². The van der Waals surface area contributed by atoms with Crippen molar-refractivity contribution in [3.05, 3.63) is 119 Å². The first-order valence-corrected chi connectivity index (χ1v) is 14.4. The maximum atomic E-state index is 14.0. The Hall–Kier alpha value is -3.95. The lowest BCUT2D eigenvalue weighted by atomic mass is 9.93. The lowest BCUT2D eigenvalue weighted by Crippen LogP contribution is -2.39. The molecule has 0 saturated carbocycles. The van der Waals surface area contributed by atoms with Crippen LogP contribution < -0.4 is 24.4 Å². The summed E-state index contributed by atoms with van der Waals surface area (Å²) in [5.74, 6) is 0.640. The summed E-state index contributed by atoms with van der Waals surface area (Å²) in [6, 6.07) is 22.0. The highest BCUT2D eigenvalue weighted by atomic mass is 79.9. The molecule has 0 spiro atoms. The minimum absolute atomic E-state index is 0.199. The number of aromatic nitrogens is 1. The summed E-state index contributed by atoms with van der Waals surface area (Å²) in [4.78, 5) is 32.9. The molecule has 0 radical (unpaired) electrons. The van der Waals surface area contributed by atoms with Gasteiger partial charge >= 0.3 is 5.97 Å². The number of rotatable bonds is 8. The number of carbonyl (C=O) groups is 1. The van der Waals surface area contributed by atoms with Gasteiger partial charge in [0.05, 0.1) is 46.6 Å². The molecule has 3 aromatic carbocycles. The fraction of sp³-hybridized carbons (Fsp3) is 0.194. The number of benzene rings is 3. The molecular weight excluding hydrogens is 592 g/mol. The van der Waals surface area contributed by atoms with Crippen LogP contribution in [0.15, 0.2) is 92.6 Å². The molecule has 0 fully saturated rings. The highest BCUT2D eigenvalue weighted by Crippen LogP contribution is 2.37. The van der Waals surface area contributed by atoms with Crippen molar-refractivity contribution in [2.24, 2.45) is 4.99 Å². The topological polar surface area (TPSA) is 79.1 Å². The number of esters is 1. The molecule has 0 unspecified atom stereocenters. The van der Waals surface area contributed by atoms with Gasteiger partial charge in [-0.25, -0.2) is 9.79 Å². The van der Waals surface area contributed by atoms with Gasteiger partial charge in [-0.1, -0.05) is 72.0 Å². The Balaban J connectivity index is 1.78. The number of thiazole rings is 1. The minimum Gasteiger partial charge on any atom is -0.493 e. The van der Waals surface area contributed by atoms with Crippen LogP contribution in [-0.2, 0) is 9.53 Å². The van der Waals surface area contributed by atoms with Crippen molar-refractivity contribution >= 4 is 45.0 Å². The fourth-order valence-corrected chi connectivity index (χ4v) is 6.23. The number of nitrogens with zero attached hydrogens (tertiary/aromatic N) is 2. The average molecular weight is 620 g/mol. The maximum absolute atomic E-state index is 14.0. The molecule has 1 aliphatic rings. The van der Waals surface area contributed by atoms with E-state index >= 15 is 0 Å². The Morgan fingerprint density at radius 1 is 1.05 bits per heavy atom. The van der Waals surface area contributed by atoms with Gasteiger partial charge in [0.1, 0.15) is 0 Å². The zero-order valence-corrected chi connectivity index (χ0v) is 24.6. The predicted molar refractivity (Wildman–Crippen MR) is 159 cm³/mol. The van der Waals surface area contributed by atoms with Crippen LogP contribution in [0.2, 0.25) is 0 Å². The Morgan fingerprint density at radius 3 is 2.40 bits per heavy atom. The zero-order chi connectivity index (χ0) is 28.2. The highest BCUT2D eigenvalue weighted by Gasteiger charge is 2.35. The van der Waals surface area contributed by atoms with Crippen LogP contribution in [0.1, 0.15) is 36.6 Å². The highest BCUT2D eigenvalue weighted by molar-refractivity contribution is 9.10. The predicted octanol–water partition coefficient (Wildman–Crippen LogP) is 5.11. The number of carbonyl (C=O) groups excluding carboxylic acids is 1. The number of hydrogen-bond acceptors (Lipinski definition) is 7. The van der Waals surface area contributed by atoms with Crippen molar-refractivity contribution in [2.45, 2.75) is 19.9 Å². The van der Waals surface area contributed by atoms with Crippen LogP contribution >= 0.6 is 27.3 Å². The molecule has 1 aliphatic heterocycles. The SMILES string of the molecule is CCOC(=O)C1=C(c2ccccc2)N=c2s/c(=C\c3cc(Br)c(OCC)c(OC)c3)c(=O)n2[C@H]1c1ccccc1. The summed E-state index contributed by atoms with van der Waals surface area (Å²) in [6.07, 6.45) is 1.80. The van der Waals surface area contributed by atoms with E-state index in [1.165, 1.54) is 11.3 Å². The molecule has 2 heterocycles. The molecule has 9 heteroatoms. The van der Waals surface area contributed by atoms with Crippen molar-refractivity contribution in [1.29, 1.82) is 0 Å². The molecule has 5 rings (SSSR count). The summed E-state index contributed by atoms with van der Waals surface area (Å²) >= 11 is 4.83. The quantitative estimate of drug-likeness (QED) is 0.257. The van der Waals surface area contributed by atoms with Crippen molar-refractivity contribution < 1.29 is 19.0 Å². The van der Waals surface area contributed by atoms with Gasteiger partial charge in [-0.3, -0.25) is 9.36 Å². The Labute approximate surface area is 243 Å². The second-order valence-electron chi connectivity index (χ2n) is 8.81. The summed E-state index contributed by atoms with van der Waals surface area (Å²) in [7, 11) is 1.57. The lowest BCUT2D eigenvalue weighted by Gasteiger charge is -2.25. The summed E-state index contributed by atoms with van der Waals surface area (Å²) < 4.78 is 19.5. The first-order valence-electron chi connectivity index (χ1n) is 12.8. The summed E-state index contributed by atoms with van der Waals surface area (Å²) in [5, 5.41) is 0. The lowest BCUT2D eigenvalue weighted by molar-refractivity contribution is -0.138. The molecule has 204 valence electrons. The van der Waals surface area contributed by atoms with E-state index in [4.69, 9.17) is 19.2 Å². The molecule has 0 bridgehead atoms. The number of methoxy groups -OCH3 is 1. The zero-order valence-electron chi connectivity index (χ0n) is 22.2. The largest absolute Gasteiger partial charge is 0.493 e. The van der Waals surface area contributed by atoms with Gasteiger partial charge in [-0.05, 0) is 59.1 Å². The second-order valence-corrected chi connectivity index (χ2v) is 10.7. The molecule has 1 aromatic heterocycles. The van der Waals surface area contributed by atoms with Crippen LogP contribution in [0, 0.1) is 0 Å². The molecule has 0 N–H and O–H groups in total. The molecule has 0 aliphatic carbocycles. The third-order valence-electron chi connectivity index (χ3n) is 6.33. The summed E-state index contributed by atoms with van der Waals surface area (Å²) in [5.41, 5.74) is 2.86. The molecular formula is C31H27BrN2O5S. The Bertz CT molecular complexity index is 1760. The van der Waals surface area contributed by atoms with Gasteiger partial charge in [0, 0.05) is 5.56 Å². The van der Waals surface area contributed by atoms with E-state index in [9.17, 15) is 9.59 Å². The molecule has 1 atom stereocenters. The first kappa shape index (κ1) is 27.6. The normalized spacial score (nSPS) is 14.9. The van der Waals surface area contributed by atoms with Crippen molar-refractivity contribution in [3.8, 4) is 11.5 Å². The average Bonchev–Trinajstić information content (AvgIpc) is 3.28. The van der Waals surface area contributed by atoms with E-state index in [1.807, 2.05) is 79.7 Å². The molecule has 0 amide bonds. The summed E-state index contributed by atoms with van der Waals surface area (Å²) in [6.45, 7) is 4.35. The van der Waals surface area contributed by atoms with Gasteiger partial charge in [0.25, 0.3) is 5.56 Å². The second kappa shape index (κ2) is 12.1. The fourth-order valence-electron chi connectivity index (χ4n) is 4.65. The number of fused-ring (bicyclic) bond motifs is 1. The molecule has 7 nitrogen and oxygen atoms in total. The molecule has 0 saturated heterocycles. The Kier molecular flexibility index (Phi) is 8.32. The van der Waals surface area contributed by atoms with Crippen molar-refractivity contribution in [1.82, 2.24) is 4.57 Å². The monoisotopic (exact) mass is 618 g/mol. The third kappa shape index (κ3) is 5.26. The van der Waals surface area contributed by atoms with Gasteiger partial charge in [-0.2, -0.15) is 0 Å². The van der Waals surface area contributed by atoms with Crippen molar-refractivity contribution in [2.75, 3.05) is 20.3 Å². The number of ether oxygens (including phenoxy) is 3. The maximum Gasteiger partial charge on any atom is 0.338 e. The molecule has 4 aromatic rings. The van der Waals surface area contributed by atoms with E-state index < -0.39 is 12.0 Å². The van der Waals surface area contributed by atoms with Gasteiger partial charge in [0.15, 0.2) is 16.3 Å². The van der Waals surface area contributed by atoms with E-state index in [0.717, 1.165) is 16.7 Å². The van der Waals surface area contributed by atoms with Crippen LogP contribution in [0.3, 0.4) is 0 Å². The Morgan fingerprint density at radius 2 is 1.75 bits per heavy atom. The first-order chi connectivity index (χ1) is 19.5.